The van der Waals surface area contributed by atoms with E-state index in [4.69, 9.17) is 4.74 Å². The number of carbonyl (C=O) groups is 2. The van der Waals surface area contributed by atoms with E-state index >= 15 is 0 Å². The van der Waals surface area contributed by atoms with Crippen LogP contribution in [0.3, 0.4) is 0 Å². The van der Waals surface area contributed by atoms with Crippen LogP contribution in [-0.4, -0.2) is 30.3 Å². The van der Waals surface area contributed by atoms with E-state index in [1.165, 1.54) is 6.21 Å². The lowest BCUT2D eigenvalue weighted by Crippen LogP contribution is -2.40. The van der Waals surface area contributed by atoms with Gasteiger partial charge in [-0.05, 0) is 47.0 Å². The van der Waals surface area contributed by atoms with Gasteiger partial charge in [-0.2, -0.15) is 5.10 Å². The van der Waals surface area contributed by atoms with E-state index in [1.807, 2.05) is 42.5 Å². The highest BCUT2D eigenvalue weighted by Crippen LogP contribution is 2.30. The van der Waals surface area contributed by atoms with Crippen LogP contribution >= 0.6 is 0 Å². The topological polar surface area (TPSA) is 71.0 Å². The molecule has 0 bridgehead atoms. The first kappa shape index (κ1) is 17.7. The fraction of sp³-hybridized carbons (Fsp3) is 0.136. The predicted molar refractivity (Wildman–Crippen MR) is 107 cm³/mol. The van der Waals surface area contributed by atoms with Crippen molar-refractivity contribution in [2.75, 3.05) is 7.11 Å². The molecule has 0 unspecified atom stereocenters. The Morgan fingerprint density at radius 2 is 1.71 bits per heavy atom. The smallest absolute Gasteiger partial charge is 0.346 e. The van der Waals surface area contributed by atoms with Gasteiger partial charge in [0.15, 0.2) is 0 Å². The predicted octanol–water partition coefficient (Wildman–Crippen LogP) is 3.65. The Morgan fingerprint density at radius 1 is 1.00 bits per heavy atom. The maximum absolute atomic E-state index is 12.9. The third-order valence-corrected chi connectivity index (χ3v) is 4.93. The van der Waals surface area contributed by atoms with Gasteiger partial charge in [0, 0.05) is 0 Å². The molecule has 0 saturated carbocycles. The van der Waals surface area contributed by atoms with Crippen molar-refractivity contribution in [2.45, 2.75) is 12.5 Å². The first-order chi connectivity index (χ1) is 13.5. The van der Waals surface area contributed by atoms with Crippen molar-refractivity contribution in [1.29, 1.82) is 0 Å². The number of hydrazone groups is 1. The third-order valence-electron chi connectivity index (χ3n) is 4.93. The second-order valence-corrected chi connectivity index (χ2v) is 6.75. The first-order valence-corrected chi connectivity index (χ1v) is 8.85. The average Bonchev–Trinajstić information content (AvgIpc) is 2.95. The minimum absolute atomic E-state index is 0.431. The maximum Gasteiger partial charge on any atom is 0.346 e. The SMILES string of the molecule is COc1ccc([C@@]2(C)NC(=O)N(/N=C\c3ccc4ccccc4c3)C2=O)cc1. The summed E-state index contributed by atoms with van der Waals surface area (Å²) in [6.07, 6.45) is 1.52. The number of rotatable bonds is 4. The second kappa shape index (κ2) is 6.81. The van der Waals surface area contributed by atoms with E-state index in [2.05, 4.69) is 10.4 Å². The molecule has 0 aromatic heterocycles. The Kier molecular flexibility index (Phi) is 4.31. The molecule has 0 spiro atoms. The summed E-state index contributed by atoms with van der Waals surface area (Å²) < 4.78 is 5.15. The summed E-state index contributed by atoms with van der Waals surface area (Å²) in [6, 6.07) is 20.2. The van der Waals surface area contributed by atoms with Crippen molar-refractivity contribution >= 4 is 28.9 Å². The molecule has 1 heterocycles. The highest BCUT2D eigenvalue weighted by atomic mass is 16.5. The number of hydrogen-bond donors (Lipinski definition) is 1. The molecular weight excluding hydrogens is 354 g/mol. The van der Waals surface area contributed by atoms with Crippen molar-refractivity contribution in [3.63, 3.8) is 0 Å². The van der Waals surface area contributed by atoms with E-state index in [9.17, 15) is 9.59 Å². The monoisotopic (exact) mass is 373 g/mol. The first-order valence-electron chi connectivity index (χ1n) is 8.85. The van der Waals surface area contributed by atoms with Crippen LogP contribution in [0.4, 0.5) is 4.79 Å². The standard InChI is InChI=1S/C22H19N3O3/c1-22(18-9-11-19(28-2)12-10-18)20(26)25(21(27)24-22)23-14-15-7-8-16-5-3-4-6-17(16)13-15/h3-14H,1-2H3,(H,24,27)/b23-14-/t22-/m1/s1. The van der Waals surface area contributed by atoms with Crippen LogP contribution in [0.5, 0.6) is 5.75 Å². The van der Waals surface area contributed by atoms with Crippen molar-refractivity contribution in [3.05, 3.63) is 77.9 Å². The quantitative estimate of drug-likeness (QED) is 0.561. The lowest BCUT2D eigenvalue weighted by Gasteiger charge is -2.21. The van der Waals surface area contributed by atoms with Gasteiger partial charge in [0.2, 0.25) is 0 Å². The summed E-state index contributed by atoms with van der Waals surface area (Å²) in [5.41, 5.74) is 0.289. The molecular formula is C22H19N3O3. The number of nitrogens with one attached hydrogen (secondary N) is 1. The van der Waals surface area contributed by atoms with Crippen LogP contribution in [0.1, 0.15) is 18.1 Å². The maximum atomic E-state index is 12.9. The number of imide groups is 1. The molecule has 0 aliphatic carbocycles. The fourth-order valence-electron chi connectivity index (χ4n) is 3.26. The van der Waals surface area contributed by atoms with Gasteiger partial charge in [0.1, 0.15) is 11.3 Å². The molecule has 3 aromatic carbocycles. The van der Waals surface area contributed by atoms with E-state index < -0.39 is 17.5 Å². The minimum Gasteiger partial charge on any atom is -0.497 e. The number of benzene rings is 3. The molecule has 28 heavy (non-hydrogen) atoms. The molecule has 6 heteroatoms. The van der Waals surface area contributed by atoms with Gasteiger partial charge >= 0.3 is 6.03 Å². The van der Waals surface area contributed by atoms with E-state index in [0.29, 0.717) is 11.3 Å². The van der Waals surface area contributed by atoms with Gasteiger partial charge in [0.25, 0.3) is 5.91 Å². The molecule has 1 aliphatic heterocycles. The van der Waals surface area contributed by atoms with Crippen LogP contribution in [0.2, 0.25) is 0 Å². The molecule has 4 rings (SSSR count). The van der Waals surface area contributed by atoms with Crippen molar-refractivity contribution in [3.8, 4) is 5.75 Å². The van der Waals surface area contributed by atoms with Gasteiger partial charge in [-0.1, -0.05) is 48.5 Å². The molecule has 0 radical (unpaired) electrons. The van der Waals surface area contributed by atoms with Crippen LogP contribution in [0, 0.1) is 0 Å². The van der Waals surface area contributed by atoms with Gasteiger partial charge in [-0.25, -0.2) is 4.79 Å². The average molecular weight is 373 g/mol. The van der Waals surface area contributed by atoms with E-state index in [0.717, 1.165) is 21.3 Å². The van der Waals surface area contributed by atoms with Crippen molar-refractivity contribution < 1.29 is 14.3 Å². The fourth-order valence-corrected chi connectivity index (χ4v) is 3.26. The largest absolute Gasteiger partial charge is 0.497 e. The number of urea groups is 1. The van der Waals surface area contributed by atoms with Crippen LogP contribution < -0.4 is 10.1 Å². The van der Waals surface area contributed by atoms with Crippen LogP contribution in [-0.2, 0) is 10.3 Å². The Labute approximate surface area is 162 Å². The lowest BCUT2D eigenvalue weighted by atomic mass is 9.92. The van der Waals surface area contributed by atoms with E-state index in [1.54, 1.807) is 38.3 Å². The summed E-state index contributed by atoms with van der Waals surface area (Å²) in [7, 11) is 1.57. The summed E-state index contributed by atoms with van der Waals surface area (Å²) in [4.78, 5) is 25.3. The summed E-state index contributed by atoms with van der Waals surface area (Å²) in [6.45, 7) is 1.67. The zero-order valence-corrected chi connectivity index (χ0v) is 15.5. The Hall–Kier alpha value is -3.67. The molecule has 3 amide bonds. The molecule has 6 nitrogen and oxygen atoms in total. The van der Waals surface area contributed by atoms with E-state index in [-0.39, 0.29) is 0 Å². The van der Waals surface area contributed by atoms with Crippen molar-refractivity contribution in [2.24, 2.45) is 5.10 Å². The number of carbonyl (C=O) groups excluding carboxylic acids is 2. The highest BCUT2D eigenvalue weighted by molar-refractivity contribution is 6.07. The highest BCUT2D eigenvalue weighted by Gasteiger charge is 2.49. The zero-order chi connectivity index (χ0) is 19.7. The Morgan fingerprint density at radius 3 is 2.43 bits per heavy atom. The number of hydrogen-bond acceptors (Lipinski definition) is 4. The van der Waals surface area contributed by atoms with Crippen LogP contribution in [0.25, 0.3) is 10.8 Å². The summed E-state index contributed by atoms with van der Waals surface area (Å²) >= 11 is 0. The van der Waals surface area contributed by atoms with Gasteiger partial charge in [-0.15, -0.1) is 5.01 Å². The van der Waals surface area contributed by atoms with Gasteiger partial charge in [0.05, 0.1) is 13.3 Å². The molecule has 140 valence electrons. The molecule has 3 aromatic rings. The number of methoxy groups -OCH3 is 1. The number of fused-ring (bicyclic) bond motifs is 1. The zero-order valence-electron chi connectivity index (χ0n) is 15.5. The molecule has 1 aliphatic rings. The Balaban J connectivity index is 1.60. The summed E-state index contributed by atoms with van der Waals surface area (Å²) in [5.74, 6) is 0.245. The Bertz CT molecular complexity index is 1090. The van der Waals surface area contributed by atoms with Gasteiger partial charge < -0.3 is 10.1 Å². The number of amides is 3. The molecule has 1 saturated heterocycles. The minimum atomic E-state index is -1.18. The molecule has 1 fully saturated rings. The molecule has 1 N–H and O–H groups in total. The summed E-state index contributed by atoms with van der Waals surface area (Å²) in [5, 5.41) is 9.92. The number of nitrogens with zero attached hydrogens (tertiary/aromatic N) is 2. The lowest BCUT2D eigenvalue weighted by molar-refractivity contribution is -0.131. The third kappa shape index (κ3) is 2.99. The molecule has 1 atom stereocenters. The normalized spacial score (nSPS) is 19.4. The number of ether oxygens (including phenoxy) is 1. The second-order valence-electron chi connectivity index (χ2n) is 6.75. The van der Waals surface area contributed by atoms with Crippen LogP contribution in [0.15, 0.2) is 71.8 Å². The van der Waals surface area contributed by atoms with Crippen molar-refractivity contribution in [1.82, 2.24) is 10.3 Å². The van der Waals surface area contributed by atoms with Gasteiger partial charge in [-0.3, -0.25) is 4.79 Å².